The van der Waals surface area contributed by atoms with Crippen molar-refractivity contribution in [2.75, 3.05) is 17.2 Å². The van der Waals surface area contributed by atoms with Crippen molar-refractivity contribution in [3.8, 4) is 0 Å². The summed E-state index contributed by atoms with van der Waals surface area (Å²) in [7, 11) is 0. The number of halogens is 1. The summed E-state index contributed by atoms with van der Waals surface area (Å²) < 4.78 is 14.4. The molecular formula is C25H21FN2O2S. The molecule has 2 heterocycles. The second kappa shape index (κ2) is 7.54. The van der Waals surface area contributed by atoms with E-state index < -0.39 is 16.6 Å². The van der Waals surface area contributed by atoms with Crippen molar-refractivity contribution in [1.29, 1.82) is 0 Å². The van der Waals surface area contributed by atoms with Crippen LogP contribution in [0.4, 0.5) is 10.1 Å². The number of thioether (sulfide) groups is 1. The Morgan fingerprint density at radius 3 is 2.55 bits per heavy atom. The van der Waals surface area contributed by atoms with E-state index in [2.05, 4.69) is 0 Å². The summed E-state index contributed by atoms with van der Waals surface area (Å²) in [6.07, 6.45) is 0. The Hall–Kier alpha value is -3.12. The van der Waals surface area contributed by atoms with Gasteiger partial charge in [-0.15, -0.1) is 11.8 Å². The summed E-state index contributed by atoms with van der Waals surface area (Å²) in [6.45, 7) is 2.83. The lowest BCUT2D eigenvalue weighted by atomic mass is 10.0. The maximum absolute atomic E-state index is 14.4. The summed E-state index contributed by atoms with van der Waals surface area (Å²) in [4.78, 5) is 29.5. The molecule has 1 saturated heterocycles. The van der Waals surface area contributed by atoms with E-state index in [0.717, 1.165) is 22.4 Å². The highest BCUT2D eigenvalue weighted by molar-refractivity contribution is 8.01. The topological polar surface area (TPSA) is 40.6 Å². The quantitative estimate of drug-likeness (QED) is 0.601. The van der Waals surface area contributed by atoms with E-state index in [4.69, 9.17) is 0 Å². The predicted octanol–water partition coefficient (Wildman–Crippen LogP) is 4.72. The van der Waals surface area contributed by atoms with Gasteiger partial charge in [0.25, 0.3) is 11.8 Å². The van der Waals surface area contributed by atoms with Gasteiger partial charge >= 0.3 is 0 Å². The van der Waals surface area contributed by atoms with Crippen LogP contribution in [0.5, 0.6) is 0 Å². The van der Waals surface area contributed by atoms with E-state index >= 15 is 0 Å². The molecule has 0 aliphatic carbocycles. The molecule has 0 saturated carbocycles. The van der Waals surface area contributed by atoms with Gasteiger partial charge in [-0.3, -0.25) is 9.59 Å². The van der Waals surface area contributed by atoms with Gasteiger partial charge in [-0.1, -0.05) is 54.6 Å². The summed E-state index contributed by atoms with van der Waals surface area (Å²) in [5.74, 6) is -0.568. The van der Waals surface area contributed by atoms with Crippen molar-refractivity contribution in [1.82, 2.24) is 4.90 Å². The molecule has 1 fully saturated rings. The van der Waals surface area contributed by atoms with Gasteiger partial charge in [0, 0.05) is 17.9 Å². The maximum atomic E-state index is 14.4. The van der Waals surface area contributed by atoms with Crippen LogP contribution in [0, 0.1) is 12.7 Å². The van der Waals surface area contributed by atoms with Gasteiger partial charge in [0.15, 0.2) is 4.87 Å². The number of amides is 2. The first-order valence-electron chi connectivity index (χ1n) is 10.2. The van der Waals surface area contributed by atoms with Gasteiger partial charge in [-0.2, -0.15) is 0 Å². The van der Waals surface area contributed by atoms with Crippen LogP contribution >= 0.6 is 11.8 Å². The zero-order valence-corrected chi connectivity index (χ0v) is 17.9. The highest BCUT2D eigenvalue weighted by atomic mass is 32.2. The van der Waals surface area contributed by atoms with Crippen molar-refractivity contribution in [2.24, 2.45) is 0 Å². The molecule has 0 N–H and O–H groups in total. The molecule has 2 aliphatic heterocycles. The lowest BCUT2D eigenvalue weighted by molar-refractivity contribution is -0.123. The van der Waals surface area contributed by atoms with Gasteiger partial charge in [0.05, 0.1) is 17.8 Å². The SMILES string of the molecule is Cc1ccccc1CN1C(=O)[C@]2(SCCN2C(=O)c2ccccc2F)c2ccccc21. The maximum Gasteiger partial charge on any atom is 0.268 e. The summed E-state index contributed by atoms with van der Waals surface area (Å²) in [6, 6.07) is 21.5. The highest BCUT2D eigenvalue weighted by Gasteiger charge is 2.59. The van der Waals surface area contributed by atoms with Crippen molar-refractivity contribution in [3.63, 3.8) is 0 Å². The molecule has 0 radical (unpaired) electrons. The number of hydrogen-bond donors (Lipinski definition) is 0. The van der Waals surface area contributed by atoms with Crippen LogP contribution in [0.25, 0.3) is 0 Å². The molecule has 156 valence electrons. The fraction of sp³-hybridized carbons (Fsp3) is 0.200. The average molecular weight is 433 g/mol. The van der Waals surface area contributed by atoms with Gasteiger partial charge in [-0.25, -0.2) is 4.39 Å². The van der Waals surface area contributed by atoms with Crippen molar-refractivity contribution in [3.05, 3.63) is 101 Å². The standard InChI is InChI=1S/C25H21FN2O2S/c1-17-8-2-3-9-18(17)16-27-22-13-7-5-11-20(22)25(24(27)30)28(14-15-31-25)23(29)19-10-4-6-12-21(19)26/h2-13H,14-16H2,1H3/t25-/m1/s1. The number of aryl methyl sites for hydroxylation is 1. The Balaban J connectivity index is 1.60. The van der Waals surface area contributed by atoms with Gasteiger partial charge in [-0.05, 0) is 36.2 Å². The first-order valence-corrected chi connectivity index (χ1v) is 11.2. The second-order valence-electron chi connectivity index (χ2n) is 7.76. The largest absolute Gasteiger partial charge is 0.311 e. The second-order valence-corrected chi connectivity index (χ2v) is 9.05. The molecule has 2 aliphatic rings. The van der Waals surface area contributed by atoms with Gasteiger partial charge in [0.2, 0.25) is 0 Å². The Bertz CT molecular complexity index is 1200. The monoisotopic (exact) mass is 432 g/mol. The smallest absolute Gasteiger partial charge is 0.268 e. The number of carbonyl (C=O) groups excluding carboxylic acids is 2. The number of para-hydroxylation sites is 1. The van der Waals surface area contributed by atoms with Crippen LogP contribution in [0.15, 0.2) is 72.8 Å². The van der Waals surface area contributed by atoms with E-state index in [9.17, 15) is 14.0 Å². The number of rotatable bonds is 3. The van der Waals surface area contributed by atoms with Gasteiger partial charge in [0.1, 0.15) is 5.82 Å². The number of benzene rings is 3. The zero-order chi connectivity index (χ0) is 21.6. The van der Waals surface area contributed by atoms with E-state index in [1.165, 1.54) is 23.9 Å². The number of nitrogens with zero attached hydrogens (tertiary/aromatic N) is 2. The van der Waals surface area contributed by atoms with E-state index in [0.29, 0.717) is 18.8 Å². The van der Waals surface area contributed by atoms with Crippen LogP contribution in [0.3, 0.4) is 0 Å². The molecule has 31 heavy (non-hydrogen) atoms. The fourth-order valence-corrected chi connectivity index (χ4v) is 5.92. The normalized spacial score (nSPS) is 19.9. The number of fused-ring (bicyclic) bond motifs is 2. The van der Waals surface area contributed by atoms with Crippen molar-refractivity contribution >= 4 is 29.3 Å². The first-order chi connectivity index (χ1) is 15.0. The van der Waals surface area contributed by atoms with Crippen LogP contribution < -0.4 is 4.90 Å². The molecule has 3 aromatic rings. The average Bonchev–Trinajstić information content (AvgIpc) is 3.32. The third-order valence-corrected chi connectivity index (χ3v) is 7.46. The molecule has 0 aromatic heterocycles. The third-order valence-electron chi connectivity index (χ3n) is 6.04. The number of carbonyl (C=O) groups is 2. The minimum absolute atomic E-state index is 0.00740. The molecule has 6 heteroatoms. The van der Waals surface area contributed by atoms with Gasteiger partial charge < -0.3 is 9.80 Å². The highest BCUT2D eigenvalue weighted by Crippen LogP contribution is 2.54. The van der Waals surface area contributed by atoms with E-state index in [1.54, 1.807) is 21.9 Å². The van der Waals surface area contributed by atoms with Crippen LogP contribution in [0.1, 0.15) is 27.0 Å². The molecule has 0 bridgehead atoms. The van der Waals surface area contributed by atoms with Crippen LogP contribution in [0.2, 0.25) is 0 Å². The summed E-state index contributed by atoms with van der Waals surface area (Å²) >= 11 is 1.45. The molecular weight excluding hydrogens is 411 g/mol. The number of anilines is 1. The van der Waals surface area contributed by atoms with Crippen molar-refractivity contribution in [2.45, 2.75) is 18.3 Å². The number of hydrogen-bond acceptors (Lipinski definition) is 3. The molecule has 1 atom stereocenters. The zero-order valence-electron chi connectivity index (χ0n) is 17.0. The minimum Gasteiger partial charge on any atom is -0.311 e. The summed E-state index contributed by atoms with van der Waals surface area (Å²) in [5, 5.41) is 0. The third kappa shape index (κ3) is 2.97. The fourth-order valence-electron chi connectivity index (χ4n) is 4.46. The molecule has 5 rings (SSSR count). The summed E-state index contributed by atoms with van der Waals surface area (Å²) in [5.41, 5.74) is 3.74. The van der Waals surface area contributed by atoms with E-state index in [-0.39, 0.29) is 11.5 Å². The Morgan fingerprint density at radius 2 is 1.74 bits per heavy atom. The van der Waals surface area contributed by atoms with Crippen molar-refractivity contribution < 1.29 is 14.0 Å². The predicted molar refractivity (Wildman–Crippen MR) is 120 cm³/mol. The molecule has 4 nitrogen and oxygen atoms in total. The van der Waals surface area contributed by atoms with Crippen LogP contribution in [-0.2, 0) is 16.2 Å². The lowest BCUT2D eigenvalue weighted by Crippen LogP contribution is -2.50. The first kappa shape index (κ1) is 19.8. The molecule has 3 aromatic carbocycles. The van der Waals surface area contributed by atoms with Crippen LogP contribution in [-0.4, -0.2) is 29.0 Å². The Morgan fingerprint density at radius 1 is 1.03 bits per heavy atom. The van der Waals surface area contributed by atoms with E-state index in [1.807, 2.05) is 55.5 Å². The molecule has 1 spiro atoms. The molecule has 0 unspecified atom stereocenters. The Labute approximate surface area is 184 Å². The molecule has 2 amide bonds. The Kier molecular flexibility index (Phi) is 4.82. The lowest BCUT2D eigenvalue weighted by Gasteiger charge is -2.33. The minimum atomic E-state index is -1.17.